The van der Waals surface area contributed by atoms with Gasteiger partial charge >= 0.3 is 6.03 Å². The third-order valence-corrected chi connectivity index (χ3v) is 2.67. The van der Waals surface area contributed by atoms with Crippen molar-refractivity contribution in [3.05, 3.63) is 23.4 Å². The molecule has 1 heterocycles. The van der Waals surface area contributed by atoms with Gasteiger partial charge in [0.25, 0.3) is 5.91 Å². The Bertz CT molecular complexity index is 502. The summed E-state index contributed by atoms with van der Waals surface area (Å²) in [7, 11) is 3.33. The van der Waals surface area contributed by atoms with Gasteiger partial charge in [-0.15, -0.1) is 0 Å². The number of carbonyl (C=O) groups excluding carboxylic acids is 2. The Morgan fingerprint density at radius 2 is 1.86 bits per heavy atom. The number of nitrogens with one attached hydrogen (secondary N) is 3. The Hall–Kier alpha value is -2.31. The lowest BCUT2D eigenvalue weighted by Gasteiger charge is -2.12. The predicted octanol–water partition coefficient (Wildman–Crippen LogP) is 0.823. The molecule has 0 fully saturated rings. The molecule has 1 aromatic heterocycles. The monoisotopic (exact) mass is 293 g/mol. The van der Waals surface area contributed by atoms with Crippen molar-refractivity contribution in [2.45, 2.75) is 13.8 Å². The number of amides is 3. The number of nitrogens with zero attached hydrogens (tertiary/aromatic N) is 2. The van der Waals surface area contributed by atoms with Crippen molar-refractivity contribution in [3.8, 4) is 0 Å². The lowest BCUT2D eigenvalue weighted by molar-refractivity contribution is 0.0953. The van der Waals surface area contributed by atoms with E-state index in [9.17, 15) is 9.59 Å². The molecule has 0 aliphatic rings. The van der Waals surface area contributed by atoms with Crippen molar-refractivity contribution in [2.24, 2.45) is 0 Å². The predicted molar refractivity (Wildman–Crippen MR) is 82.6 cm³/mol. The second kappa shape index (κ2) is 8.08. The molecule has 0 bridgehead atoms. The van der Waals surface area contributed by atoms with Crippen LogP contribution < -0.4 is 16.0 Å². The van der Waals surface area contributed by atoms with Crippen molar-refractivity contribution in [2.75, 3.05) is 39.0 Å². The summed E-state index contributed by atoms with van der Waals surface area (Å²) >= 11 is 0. The van der Waals surface area contributed by atoms with Gasteiger partial charge in [0.2, 0.25) is 0 Å². The van der Waals surface area contributed by atoms with Crippen LogP contribution in [0.3, 0.4) is 0 Å². The van der Waals surface area contributed by atoms with E-state index in [0.29, 0.717) is 24.5 Å². The molecule has 3 amide bonds. The van der Waals surface area contributed by atoms with Crippen LogP contribution in [0.25, 0.3) is 0 Å². The first-order chi connectivity index (χ1) is 9.93. The van der Waals surface area contributed by atoms with Crippen LogP contribution >= 0.6 is 0 Å². The minimum Gasteiger partial charge on any atom is -0.370 e. The fourth-order valence-electron chi connectivity index (χ4n) is 1.68. The molecule has 0 aromatic carbocycles. The number of hydrogen-bond acceptors (Lipinski definition) is 4. The van der Waals surface area contributed by atoms with E-state index in [1.54, 1.807) is 26.2 Å². The summed E-state index contributed by atoms with van der Waals surface area (Å²) in [6, 6.07) is 3.26. The number of aromatic nitrogens is 1. The molecule has 0 spiro atoms. The van der Waals surface area contributed by atoms with Crippen molar-refractivity contribution in [3.63, 3.8) is 0 Å². The van der Waals surface area contributed by atoms with Crippen molar-refractivity contribution in [1.29, 1.82) is 0 Å². The quantitative estimate of drug-likeness (QED) is 0.678. The van der Waals surface area contributed by atoms with Gasteiger partial charge in [0, 0.05) is 45.0 Å². The smallest absolute Gasteiger partial charge is 0.316 e. The molecule has 0 aliphatic carbocycles. The number of carbonyl (C=O) groups is 2. The van der Waals surface area contributed by atoms with E-state index in [4.69, 9.17) is 0 Å². The normalized spacial score (nSPS) is 9.90. The molecular weight excluding hydrogens is 270 g/mol. The molecule has 0 unspecified atom stereocenters. The highest BCUT2D eigenvalue weighted by Crippen LogP contribution is 2.09. The van der Waals surface area contributed by atoms with E-state index in [1.807, 2.05) is 13.8 Å². The summed E-state index contributed by atoms with van der Waals surface area (Å²) in [4.78, 5) is 29.1. The van der Waals surface area contributed by atoms with Gasteiger partial charge in [-0.1, -0.05) is 0 Å². The van der Waals surface area contributed by atoms with Crippen LogP contribution in [-0.2, 0) is 0 Å². The SMILES string of the molecule is CCNc1cc(C(=O)NCCNC(=O)N(C)C)cc(C)n1. The standard InChI is InChI=1S/C14H23N5O2/c1-5-15-12-9-11(8-10(2)18-12)13(20)16-6-7-17-14(21)19(3)4/h8-9H,5-7H2,1-4H3,(H,15,18)(H,16,20)(H,17,21). The molecule has 1 aromatic rings. The minimum atomic E-state index is -0.182. The highest BCUT2D eigenvalue weighted by atomic mass is 16.2. The molecule has 1 rings (SSSR count). The fraction of sp³-hybridized carbons (Fsp3) is 0.500. The van der Waals surface area contributed by atoms with E-state index in [1.165, 1.54) is 4.90 Å². The van der Waals surface area contributed by atoms with Gasteiger partial charge < -0.3 is 20.9 Å². The third kappa shape index (κ3) is 5.68. The molecule has 0 radical (unpaired) electrons. The highest BCUT2D eigenvalue weighted by molar-refractivity contribution is 5.95. The van der Waals surface area contributed by atoms with E-state index in [-0.39, 0.29) is 11.9 Å². The molecule has 0 saturated carbocycles. The number of rotatable bonds is 6. The summed E-state index contributed by atoms with van der Waals surface area (Å²) in [5.74, 6) is 0.502. The number of pyridine rings is 1. The lowest BCUT2D eigenvalue weighted by atomic mass is 10.2. The van der Waals surface area contributed by atoms with Crippen LogP contribution in [0.1, 0.15) is 23.0 Å². The van der Waals surface area contributed by atoms with Crippen LogP contribution in [-0.4, -0.2) is 55.6 Å². The minimum absolute atomic E-state index is 0.182. The van der Waals surface area contributed by atoms with Gasteiger partial charge in [-0.3, -0.25) is 4.79 Å². The van der Waals surface area contributed by atoms with Crippen LogP contribution in [0.5, 0.6) is 0 Å². The van der Waals surface area contributed by atoms with Gasteiger partial charge in [0.05, 0.1) is 0 Å². The van der Waals surface area contributed by atoms with Gasteiger partial charge in [-0.05, 0) is 26.0 Å². The van der Waals surface area contributed by atoms with Crippen LogP contribution in [0.4, 0.5) is 10.6 Å². The fourth-order valence-corrected chi connectivity index (χ4v) is 1.68. The van der Waals surface area contributed by atoms with Crippen LogP contribution in [0.15, 0.2) is 12.1 Å². The summed E-state index contributed by atoms with van der Waals surface area (Å²) in [5.41, 5.74) is 1.33. The topological polar surface area (TPSA) is 86.4 Å². The first-order valence-electron chi connectivity index (χ1n) is 6.90. The first-order valence-corrected chi connectivity index (χ1v) is 6.90. The zero-order chi connectivity index (χ0) is 15.8. The summed E-state index contributed by atoms with van der Waals surface area (Å²) < 4.78 is 0. The molecular formula is C14H23N5O2. The summed E-state index contributed by atoms with van der Waals surface area (Å²) in [6.07, 6.45) is 0. The average Bonchev–Trinajstić information content (AvgIpc) is 2.42. The summed E-state index contributed by atoms with van der Waals surface area (Å²) in [6.45, 7) is 5.31. The molecule has 7 nitrogen and oxygen atoms in total. The lowest BCUT2D eigenvalue weighted by Crippen LogP contribution is -2.39. The number of hydrogen-bond donors (Lipinski definition) is 3. The van der Waals surface area contributed by atoms with Crippen LogP contribution in [0.2, 0.25) is 0 Å². The van der Waals surface area contributed by atoms with Crippen molar-refractivity contribution >= 4 is 17.8 Å². The van der Waals surface area contributed by atoms with Crippen LogP contribution in [0, 0.1) is 6.92 Å². The zero-order valence-electron chi connectivity index (χ0n) is 13.0. The van der Waals surface area contributed by atoms with Gasteiger partial charge in [-0.25, -0.2) is 9.78 Å². The number of anilines is 1. The molecule has 0 saturated heterocycles. The van der Waals surface area contributed by atoms with E-state index < -0.39 is 0 Å². The van der Waals surface area contributed by atoms with Gasteiger partial charge in [0.1, 0.15) is 5.82 Å². The molecule has 0 aliphatic heterocycles. The van der Waals surface area contributed by atoms with E-state index in [0.717, 1.165) is 12.2 Å². The maximum absolute atomic E-state index is 12.0. The number of aryl methyl sites for hydroxylation is 1. The largest absolute Gasteiger partial charge is 0.370 e. The molecule has 0 atom stereocenters. The van der Waals surface area contributed by atoms with E-state index in [2.05, 4.69) is 20.9 Å². The van der Waals surface area contributed by atoms with Crippen molar-refractivity contribution in [1.82, 2.24) is 20.5 Å². The van der Waals surface area contributed by atoms with E-state index >= 15 is 0 Å². The number of urea groups is 1. The molecule has 7 heteroatoms. The second-order valence-electron chi connectivity index (χ2n) is 4.80. The average molecular weight is 293 g/mol. The Kier molecular flexibility index (Phi) is 6.45. The highest BCUT2D eigenvalue weighted by Gasteiger charge is 2.08. The Morgan fingerprint density at radius 3 is 2.48 bits per heavy atom. The first kappa shape index (κ1) is 16.7. The van der Waals surface area contributed by atoms with Crippen molar-refractivity contribution < 1.29 is 9.59 Å². The molecule has 116 valence electrons. The van der Waals surface area contributed by atoms with Gasteiger partial charge in [0.15, 0.2) is 0 Å². The maximum Gasteiger partial charge on any atom is 0.316 e. The third-order valence-electron chi connectivity index (χ3n) is 2.67. The second-order valence-corrected chi connectivity index (χ2v) is 4.80. The Labute approximate surface area is 125 Å². The Morgan fingerprint density at radius 1 is 1.19 bits per heavy atom. The summed E-state index contributed by atoms with van der Waals surface area (Å²) in [5, 5.41) is 8.53. The van der Waals surface area contributed by atoms with Gasteiger partial charge in [-0.2, -0.15) is 0 Å². The zero-order valence-corrected chi connectivity index (χ0v) is 13.0. The Balaban J connectivity index is 2.50. The molecule has 3 N–H and O–H groups in total. The maximum atomic E-state index is 12.0. The molecule has 21 heavy (non-hydrogen) atoms.